The molecule has 0 fully saturated rings. The van der Waals surface area contributed by atoms with E-state index >= 15 is 0 Å². The molecule has 1 aliphatic heterocycles. The number of anilines is 2. The van der Waals surface area contributed by atoms with E-state index in [0.717, 1.165) is 15.8 Å². The van der Waals surface area contributed by atoms with E-state index < -0.39 is 5.60 Å². The molecule has 1 aliphatic rings. The van der Waals surface area contributed by atoms with Gasteiger partial charge in [0.2, 0.25) is 5.91 Å². The fourth-order valence-electron chi connectivity index (χ4n) is 2.23. The van der Waals surface area contributed by atoms with Crippen molar-refractivity contribution >= 4 is 39.3 Å². The second-order valence-corrected chi connectivity index (χ2v) is 7.45. The molecule has 0 atom stereocenters. The van der Waals surface area contributed by atoms with Crippen molar-refractivity contribution in [2.24, 2.45) is 0 Å². The number of benzene rings is 1. The number of fused-ring (bicyclic) bond motifs is 1. The number of nitrogens with one attached hydrogen (secondary N) is 1. The van der Waals surface area contributed by atoms with E-state index in [0.29, 0.717) is 13.1 Å². The number of hydrogen-bond donors (Lipinski definition) is 1. The van der Waals surface area contributed by atoms with Crippen molar-refractivity contribution in [3.05, 3.63) is 22.7 Å². The second-order valence-electron chi connectivity index (χ2n) is 6.53. The van der Waals surface area contributed by atoms with Crippen LogP contribution < -0.4 is 10.2 Å². The van der Waals surface area contributed by atoms with Crippen LogP contribution in [0.1, 0.15) is 20.8 Å². The van der Waals surface area contributed by atoms with Crippen molar-refractivity contribution in [2.75, 3.05) is 36.9 Å². The lowest BCUT2D eigenvalue weighted by atomic mass is 10.2. The summed E-state index contributed by atoms with van der Waals surface area (Å²) in [6.45, 7) is 6.80. The first-order valence-electron chi connectivity index (χ1n) is 7.44. The number of carbonyl (C=O) groups excluding carboxylic acids is 2. The normalized spacial score (nSPS) is 14.1. The van der Waals surface area contributed by atoms with Crippen molar-refractivity contribution in [3.8, 4) is 0 Å². The van der Waals surface area contributed by atoms with Crippen LogP contribution in [0.15, 0.2) is 22.7 Å². The average molecular weight is 384 g/mol. The number of carbonyl (C=O) groups is 2. The lowest BCUT2D eigenvalue weighted by Gasteiger charge is -2.32. The molecule has 23 heavy (non-hydrogen) atoms. The smallest absolute Gasteiger partial charge is 0.410 e. The number of ether oxygens (including phenoxy) is 1. The largest absolute Gasteiger partial charge is 0.444 e. The molecule has 0 saturated carbocycles. The lowest BCUT2D eigenvalue weighted by Crippen LogP contribution is -2.43. The predicted octanol–water partition coefficient (Wildman–Crippen LogP) is 3.07. The minimum Gasteiger partial charge on any atom is -0.444 e. The Morgan fingerprint density at radius 2 is 2.13 bits per heavy atom. The maximum absolute atomic E-state index is 12.0. The Kier molecular flexibility index (Phi) is 5.19. The molecule has 126 valence electrons. The number of likely N-dealkylation sites (N-methyl/N-ethyl adjacent to an activating group) is 1. The molecule has 0 saturated heterocycles. The van der Waals surface area contributed by atoms with Crippen LogP contribution in [0, 0.1) is 0 Å². The molecule has 0 aromatic heterocycles. The topological polar surface area (TPSA) is 61.9 Å². The molecule has 1 aromatic rings. The van der Waals surface area contributed by atoms with E-state index in [1.807, 2.05) is 43.9 Å². The highest BCUT2D eigenvalue weighted by molar-refractivity contribution is 9.10. The summed E-state index contributed by atoms with van der Waals surface area (Å²) in [7, 11) is 1.70. The molecule has 1 heterocycles. The summed E-state index contributed by atoms with van der Waals surface area (Å²) in [6, 6.07) is 5.75. The summed E-state index contributed by atoms with van der Waals surface area (Å²) < 4.78 is 6.24. The van der Waals surface area contributed by atoms with Crippen LogP contribution in [-0.2, 0) is 9.53 Å². The van der Waals surface area contributed by atoms with Gasteiger partial charge in [0.25, 0.3) is 0 Å². The zero-order chi connectivity index (χ0) is 17.2. The Balaban J connectivity index is 2.01. The Labute approximate surface area is 144 Å². The molecule has 2 rings (SSSR count). The first kappa shape index (κ1) is 17.6. The van der Waals surface area contributed by atoms with Crippen LogP contribution in [0.5, 0.6) is 0 Å². The van der Waals surface area contributed by atoms with Gasteiger partial charge in [-0.25, -0.2) is 4.79 Å². The summed E-state index contributed by atoms with van der Waals surface area (Å²) in [5, 5.41) is 2.86. The van der Waals surface area contributed by atoms with Gasteiger partial charge in [-0.2, -0.15) is 0 Å². The van der Waals surface area contributed by atoms with Gasteiger partial charge in [-0.1, -0.05) is 15.9 Å². The van der Waals surface area contributed by atoms with Crippen LogP contribution in [0.3, 0.4) is 0 Å². The van der Waals surface area contributed by atoms with Crippen molar-refractivity contribution < 1.29 is 14.3 Å². The van der Waals surface area contributed by atoms with Gasteiger partial charge in [0.1, 0.15) is 5.60 Å². The van der Waals surface area contributed by atoms with Crippen molar-refractivity contribution in [3.63, 3.8) is 0 Å². The highest BCUT2D eigenvalue weighted by atomic mass is 79.9. The Morgan fingerprint density at radius 3 is 2.78 bits per heavy atom. The molecule has 0 unspecified atom stereocenters. The second kappa shape index (κ2) is 6.78. The molecular weight excluding hydrogens is 362 g/mol. The van der Waals surface area contributed by atoms with Crippen LogP contribution in [0.2, 0.25) is 0 Å². The zero-order valence-corrected chi connectivity index (χ0v) is 15.4. The van der Waals surface area contributed by atoms with Gasteiger partial charge in [0, 0.05) is 24.6 Å². The van der Waals surface area contributed by atoms with E-state index in [2.05, 4.69) is 21.2 Å². The average Bonchev–Trinajstić information content (AvgIpc) is 2.41. The van der Waals surface area contributed by atoms with Gasteiger partial charge in [-0.3, -0.25) is 4.79 Å². The number of hydrogen-bond acceptors (Lipinski definition) is 4. The van der Waals surface area contributed by atoms with Gasteiger partial charge >= 0.3 is 6.09 Å². The minimum atomic E-state index is -0.519. The summed E-state index contributed by atoms with van der Waals surface area (Å²) in [5.74, 6) is -0.0597. The maximum atomic E-state index is 12.0. The summed E-state index contributed by atoms with van der Waals surface area (Å²) >= 11 is 3.40. The van der Waals surface area contributed by atoms with E-state index in [4.69, 9.17) is 4.74 Å². The molecule has 0 aliphatic carbocycles. The van der Waals surface area contributed by atoms with Gasteiger partial charge in [0.15, 0.2) is 0 Å². The zero-order valence-electron chi connectivity index (χ0n) is 13.9. The van der Waals surface area contributed by atoms with Crippen molar-refractivity contribution in [1.29, 1.82) is 0 Å². The van der Waals surface area contributed by atoms with Crippen LogP contribution >= 0.6 is 15.9 Å². The third-order valence-corrected chi connectivity index (χ3v) is 3.81. The van der Waals surface area contributed by atoms with Gasteiger partial charge in [0.05, 0.1) is 17.9 Å². The Bertz CT molecular complexity index is 613. The van der Waals surface area contributed by atoms with E-state index in [-0.39, 0.29) is 18.5 Å². The molecule has 0 radical (unpaired) electrons. The molecule has 0 spiro atoms. The SMILES string of the molecule is CN(CCN1CC(=O)Nc2cc(Br)ccc21)C(=O)OC(C)(C)C. The standard InChI is InChI=1S/C16H22BrN3O3/c1-16(2,3)23-15(22)19(4)7-8-20-10-14(21)18-12-9-11(17)5-6-13(12)20/h5-6,9H,7-8,10H2,1-4H3,(H,18,21). The predicted molar refractivity (Wildman–Crippen MR) is 93.8 cm³/mol. The number of amides is 2. The highest BCUT2D eigenvalue weighted by Crippen LogP contribution is 2.31. The highest BCUT2D eigenvalue weighted by Gasteiger charge is 2.24. The first-order chi connectivity index (χ1) is 10.7. The molecular formula is C16H22BrN3O3. The fourth-order valence-corrected chi connectivity index (χ4v) is 2.59. The lowest BCUT2D eigenvalue weighted by molar-refractivity contribution is -0.115. The molecule has 2 amide bonds. The molecule has 0 bridgehead atoms. The third kappa shape index (κ3) is 4.86. The molecule has 6 nitrogen and oxygen atoms in total. The Hall–Kier alpha value is -1.76. The van der Waals surface area contributed by atoms with Gasteiger partial charge in [-0.05, 0) is 39.0 Å². The molecule has 7 heteroatoms. The van der Waals surface area contributed by atoms with Crippen molar-refractivity contribution in [2.45, 2.75) is 26.4 Å². The van der Waals surface area contributed by atoms with Crippen LogP contribution in [-0.4, -0.2) is 49.2 Å². The maximum Gasteiger partial charge on any atom is 0.410 e. The number of nitrogens with zero attached hydrogens (tertiary/aromatic N) is 2. The fraction of sp³-hybridized carbons (Fsp3) is 0.500. The van der Waals surface area contributed by atoms with Crippen molar-refractivity contribution in [1.82, 2.24) is 4.90 Å². The summed E-state index contributed by atoms with van der Waals surface area (Å²) in [5.41, 5.74) is 1.20. The molecule has 1 N–H and O–H groups in total. The number of halogens is 1. The van der Waals surface area contributed by atoms with Crippen LogP contribution in [0.25, 0.3) is 0 Å². The Morgan fingerprint density at radius 1 is 1.43 bits per heavy atom. The van der Waals surface area contributed by atoms with E-state index in [1.54, 1.807) is 7.05 Å². The monoisotopic (exact) mass is 383 g/mol. The van der Waals surface area contributed by atoms with Crippen LogP contribution in [0.4, 0.5) is 16.2 Å². The minimum absolute atomic E-state index is 0.0597. The first-order valence-corrected chi connectivity index (χ1v) is 8.23. The van der Waals surface area contributed by atoms with Gasteiger partial charge < -0.3 is 19.9 Å². The van der Waals surface area contributed by atoms with E-state index in [9.17, 15) is 9.59 Å². The number of rotatable bonds is 3. The summed E-state index contributed by atoms with van der Waals surface area (Å²) in [4.78, 5) is 27.3. The molecule has 1 aromatic carbocycles. The summed E-state index contributed by atoms with van der Waals surface area (Å²) in [6.07, 6.45) is -0.366. The van der Waals surface area contributed by atoms with E-state index in [1.165, 1.54) is 4.90 Å². The quantitative estimate of drug-likeness (QED) is 0.870. The van der Waals surface area contributed by atoms with Gasteiger partial charge in [-0.15, -0.1) is 0 Å². The third-order valence-electron chi connectivity index (χ3n) is 3.32.